The van der Waals surface area contributed by atoms with Gasteiger partial charge in [-0.3, -0.25) is 0 Å². The smallest absolute Gasteiger partial charge is 0.00416 e. The molecule has 1 aromatic carbocycles. The fourth-order valence-electron chi connectivity index (χ4n) is 1.79. The zero-order valence-corrected chi connectivity index (χ0v) is 11.5. The van der Waals surface area contributed by atoms with Gasteiger partial charge in [-0.1, -0.05) is 67.7 Å². The van der Waals surface area contributed by atoms with Gasteiger partial charge in [-0.15, -0.1) is 0 Å². The van der Waals surface area contributed by atoms with Gasteiger partial charge >= 0.3 is 0 Å². The van der Waals surface area contributed by atoms with E-state index < -0.39 is 0 Å². The lowest BCUT2D eigenvalue weighted by atomic mass is 10.0. The van der Waals surface area contributed by atoms with E-state index in [-0.39, 0.29) is 0 Å². The molecule has 0 saturated carbocycles. The Morgan fingerprint density at radius 2 is 1.94 bits per heavy atom. The second kappa shape index (κ2) is 7.97. The molecule has 1 aromatic rings. The molecule has 0 fully saturated rings. The summed E-state index contributed by atoms with van der Waals surface area (Å²) in [6.07, 6.45) is 9.34. The number of hydrogen-bond donors (Lipinski definition) is 0. The summed E-state index contributed by atoms with van der Waals surface area (Å²) in [4.78, 5) is 1.11. The van der Waals surface area contributed by atoms with Crippen LogP contribution in [0, 0.1) is 0 Å². The van der Waals surface area contributed by atoms with Crippen LogP contribution in [-0.4, -0.2) is 4.86 Å². The Labute approximate surface area is 110 Å². The van der Waals surface area contributed by atoms with E-state index in [1.54, 1.807) is 0 Å². The molecular weight excluding hydrogens is 224 g/mol. The number of rotatable bonds is 6. The van der Waals surface area contributed by atoms with Crippen molar-refractivity contribution in [2.75, 3.05) is 0 Å². The van der Waals surface area contributed by atoms with Crippen LogP contribution in [0.1, 0.15) is 32.3 Å². The Morgan fingerprint density at radius 3 is 2.53 bits per heavy atom. The first-order chi connectivity index (χ1) is 8.26. The second-order valence-corrected chi connectivity index (χ2v) is 4.64. The summed E-state index contributed by atoms with van der Waals surface area (Å²) < 4.78 is 0. The van der Waals surface area contributed by atoms with Crippen molar-refractivity contribution >= 4 is 17.1 Å². The first kappa shape index (κ1) is 13.9. The molecule has 0 radical (unpaired) electrons. The molecule has 0 unspecified atom stereocenters. The number of allylic oxidation sites excluding steroid dienone is 4. The van der Waals surface area contributed by atoms with Crippen LogP contribution in [0.2, 0.25) is 0 Å². The van der Waals surface area contributed by atoms with Gasteiger partial charge in [0.2, 0.25) is 0 Å². The highest BCUT2D eigenvalue weighted by atomic mass is 32.1. The zero-order valence-electron chi connectivity index (χ0n) is 10.6. The molecule has 0 aromatic heterocycles. The Balaban J connectivity index is 2.57. The molecular formula is C16H20S. The van der Waals surface area contributed by atoms with E-state index in [0.29, 0.717) is 0 Å². The Hall–Kier alpha value is -1.21. The SMILES string of the molecule is C/C=C\C(=C/CC)CC(=S)Cc1ccccc1. The van der Waals surface area contributed by atoms with E-state index >= 15 is 0 Å². The summed E-state index contributed by atoms with van der Waals surface area (Å²) in [5, 5.41) is 0. The standard InChI is InChI=1S/C16H20S/c1-3-8-14(9-4-2)12-16(17)13-15-10-6-5-7-11-15/h3,5-11H,4,12-13H2,1-2H3/b8-3-,14-9+. The molecule has 0 aliphatic heterocycles. The molecule has 90 valence electrons. The molecule has 0 heterocycles. The van der Waals surface area contributed by atoms with E-state index in [4.69, 9.17) is 12.2 Å². The van der Waals surface area contributed by atoms with Crippen molar-refractivity contribution in [2.45, 2.75) is 33.1 Å². The third-order valence-electron chi connectivity index (χ3n) is 2.49. The van der Waals surface area contributed by atoms with Crippen LogP contribution in [0.25, 0.3) is 0 Å². The normalized spacial score (nSPS) is 12.0. The van der Waals surface area contributed by atoms with Gasteiger partial charge in [-0.2, -0.15) is 0 Å². The maximum atomic E-state index is 5.47. The van der Waals surface area contributed by atoms with Crippen LogP contribution >= 0.6 is 12.2 Å². The van der Waals surface area contributed by atoms with Crippen LogP contribution < -0.4 is 0 Å². The lowest BCUT2D eigenvalue weighted by molar-refractivity contribution is 1.16. The number of thiocarbonyl (C=S) groups is 1. The quantitative estimate of drug-likeness (QED) is 0.506. The van der Waals surface area contributed by atoms with Gasteiger partial charge in [0.1, 0.15) is 0 Å². The average Bonchev–Trinajstić information content (AvgIpc) is 2.30. The Morgan fingerprint density at radius 1 is 1.24 bits per heavy atom. The minimum atomic E-state index is 0.898. The third-order valence-corrected chi connectivity index (χ3v) is 2.78. The van der Waals surface area contributed by atoms with Gasteiger partial charge in [0.15, 0.2) is 0 Å². The molecule has 0 aliphatic rings. The minimum Gasteiger partial charge on any atom is -0.0890 e. The summed E-state index contributed by atoms with van der Waals surface area (Å²) in [5.41, 5.74) is 2.63. The van der Waals surface area contributed by atoms with Crippen LogP contribution in [-0.2, 0) is 6.42 Å². The molecule has 0 bridgehead atoms. The maximum absolute atomic E-state index is 5.47. The van der Waals surface area contributed by atoms with Crippen molar-refractivity contribution in [1.82, 2.24) is 0 Å². The number of hydrogen-bond acceptors (Lipinski definition) is 1. The molecule has 0 spiro atoms. The molecule has 1 rings (SSSR count). The highest BCUT2D eigenvalue weighted by Crippen LogP contribution is 2.11. The summed E-state index contributed by atoms with van der Waals surface area (Å²) in [6.45, 7) is 4.20. The van der Waals surface area contributed by atoms with Crippen molar-refractivity contribution in [3.63, 3.8) is 0 Å². The van der Waals surface area contributed by atoms with Crippen molar-refractivity contribution in [2.24, 2.45) is 0 Å². The average molecular weight is 244 g/mol. The number of benzene rings is 1. The van der Waals surface area contributed by atoms with E-state index in [0.717, 1.165) is 24.1 Å². The monoisotopic (exact) mass is 244 g/mol. The van der Waals surface area contributed by atoms with Crippen LogP contribution in [0.15, 0.2) is 54.1 Å². The van der Waals surface area contributed by atoms with Gasteiger partial charge in [0, 0.05) is 17.7 Å². The van der Waals surface area contributed by atoms with Crippen molar-refractivity contribution in [3.8, 4) is 0 Å². The third kappa shape index (κ3) is 5.60. The highest BCUT2D eigenvalue weighted by molar-refractivity contribution is 7.80. The van der Waals surface area contributed by atoms with Gasteiger partial charge in [0.05, 0.1) is 0 Å². The molecule has 0 nitrogen and oxygen atoms in total. The molecule has 0 saturated heterocycles. The van der Waals surface area contributed by atoms with E-state index in [2.05, 4.69) is 49.4 Å². The first-order valence-corrected chi connectivity index (χ1v) is 6.54. The predicted octanol–water partition coefficient (Wildman–Crippen LogP) is 4.90. The van der Waals surface area contributed by atoms with Gasteiger partial charge in [-0.05, 0) is 24.5 Å². The Kier molecular flexibility index (Phi) is 6.49. The predicted molar refractivity (Wildman–Crippen MR) is 80.5 cm³/mol. The lowest BCUT2D eigenvalue weighted by Gasteiger charge is -2.05. The van der Waals surface area contributed by atoms with Gasteiger partial charge < -0.3 is 0 Å². The summed E-state index contributed by atoms with van der Waals surface area (Å²) in [6, 6.07) is 10.4. The maximum Gasteiger partial charge on any atom is 0.00416 e. The first-order valence-electron chi connectivity index (χ1n) is 6.13. The Bertz CT molecular complexity index is 399. The molecule has 0 atom stereocenters. The zero-order chi connectivity index (χ0) is 12.5. The lowest BCUT2D eigenvalue weighted by Crippen LogP contribution is -2.00. The van der Waals surface area contributed by atoms with Crippen molar-refractivity contribution in [3.05, 3.63) is 59.7 Å². The topological polar surface area (TPSA) is 0 Å². The van der Waals surface area contributed by atoms with E-state index in [9.17, 15) is 0 Å². The fourth-order valence-corrected chi connectivity index (χ4v) is 2.12. The highest BCUT2D eigenvalue weighted by Gasteiger charge is 2.01. The van der Waals surface area contributed by atoms with E-state index in [1.165, 1.54) is 11.1 Å². The largest absolute Gasteiger partial charge is 0.0890 e. The van der Waals surface area contributed by atoms with Crippen LogP contribution in [0.3, 0.4) is 0 Å². The van der Waals surface area contributed by atoms with Crippen molar-refractivity contribution < 1.29 is 0 Å². The van der Waals surface area contributed by atoms with Crippen molar-refractivity contribution in [1.29, 1.82) is 0 Å². The molecule has 0 N–H and O–H groups in total. The molecule has 0 aliphatic carbocycles. The van der Waals surface area contributed by atoms with E-state index in [1.807, 2.05) is 13.0 Å². The summed E-state index contributed by atoms with van der Waals surface area (Å²) in [5.74, 6) is 0. The van der Waals surface area contributed by atoms with Gasteiger partial charge in [-0.25, -0.2) is 0 Å². The molecule has 17 heavy (non-hydrogen) atoms. The molecule has 1 heteroatoms. The van der Waals surface area contributed by atoms with Crippen LogP contribution in [0.5, 0.6) is 0 Å². The minimum absolute atomic E-state index is 0.898. The summed E-state index contributed by atoms with van der Waals surface area (Å²) >= 11 is 5.47. The molecule has 0 amide bonds. The summed E-state index contributed by atoms with van der Waals surface area (Å²) in [7, 11) is 0. The van der Waals surface area contributed by atoms with Crippen LogP contribution in [0.4, 0.5) is 0 Å². The van der Waals surface area contributed by atoms with Gasteiger partial charge in [0.25, 0.3) is 0 Å². The second-order valence-electron chi connectivity index (χ2n) is 4.07. The fraction of sp³-hybridized carbons (Fsp3) is 0.312.